The Balaban J connectivity index is 1.90. The normalized spacial score (nSPS) is 28.8. The molecule has 1 saturated heterocycles. The monoisotopic (exact) mass is 170 g/mol. The lowest BCUT2D eigenvalue weighted by Crippen LogP contribution is -2.55. The van der Waals surface area contributed by atoms with Crippen LogP contribution in [0.2, 0.25) is 0 Å². The summed E-state index contributed by atoms with van der Waals surface area (Å²) in [6.45, 7) is 2.38. The van der Waals surface area contributed by atoms with Crippen LogP contribution in [0.15, 0.2) is 0 Å². The van der Waals surface area contributed by atoms with Crippen molar-refractivity contribution in [2.45, 2.75) is 37.3 Å². The van der Waals surface area contributed by atoms with Gasteiger partial charge in [-0.2, -0.15) is 0 Å². The molecule has 2 rings (SSSR count). The van der Waals surface area contributed by atoms with Crippen LogP contribution in [0.4, 0.5) is 0 Å². The van der Waals surface area contributed by atoms with Crippen molar-refractivity contribution in [2.24, 2.45) is 0 Å². The number of aliphatic hydroxyl groups excluding tert-OH is 1. The molecule has 0 bridgehead atoms. The Morgan fingerprint density at radius 3 is 2.50 bits per heavy atom. The highest BCUT2D eigenvalue weighted by atomic mass is 16.3. The quantitative estimate of drug-likeness (QED) is 0.552. The van der Waals surface area contributed by atoms with Gasteiger partial charge in [0.05, 0.1) is 6.61 Å². The average molecular weight is 170 g/mol. The van der Waals surface area contributed by atoms with Crippen LogP contribution >= 0.6 is 0 Å². The van der Waals surface area contributed by atoms with Gasteiger partial charge in [-0.25, -0.2) is 0 Å². The van der Waals surface area contributed by atoms with E-state index in [1.165, 1.54) is 12.8 Å². The Morgan fingerprint density at radius 2 is 2.00 bits per heavy atom. The van der Waals surface area contributed by atoms with Crippen LogP contribution in [0.5, 0.6) is 0 Å². The van der Waals surface area contributed by atoms with E-state index < -0.39 is 0 Å². The van der Waals surface area contributed by atoms with Gasteiger partial charge in [-0.05, 0) is 38.8 Å². The molecule has 2 aliphatic rings. The van der Waals surface area contributed by atoms with E-state index in [1.807, 2.05) is 0 Å². The van der Waals surface area contributed by atoms with Gasteiger partial charge in [0.15, 0.2) is 0 Å². The Labute approximate surface area is 73.5 Å². The molecule has 3 N–H and O–H groups in total. The van der Waals surface area contributed by atoms with Gasteiger partial charge in [-0.3, -0.25) is 0 Å². The predicted molar refractivity (Wildman–Crippen MR) is 48.1 cm³/mol. The Hall–Kier alpha value is -0.120. The van der Waals surface area contributed by atoms with Crippen molar-refractivity contribution in [2.75, 3.05) is 19.7 Å². The molecule has 12 heavy (non-hydrogen) atoms. The Bertz CT molecular complexity index is 151. The molecule has 1 aliphatic carbocycles. The van der Waals surface area contributed by atoms with Crippen molar-refractivity contribution in [1.29, 1.82) is 0 Å². The minimum Gasteiger partial charge on any atom is -0.394 e. The highest BCUT2D eigenvalue weighted by molar-refractivity contribution is 4.97. The van der Waals surface area contributed by atoms with E-state index in [2.05, 4.69) is 10.6 Å². The average Bonchev–Trinajstić information content (AvgIpc) is 2.90. The third-order valence-corrected chi connectivity index (χ3v) is 2.95. The molecular weight excluding hydrogens is 152 g/mol. The highest BCUT2D eigenvalue weighted by Gasteiger charge is 2.36. The zero-order valence-electron chi connectivity index (χ0n) is 7.47. The molecule has 1 saturated carbocycles. The smallest absolute Gasteiger partial charge is 0.0614 e. The van der Waals surface area contributed by atoms with E-state index in [0.717, 1.165) is 25.9 Å². The molecule has 0 radical (unpaired) electrons. The largest absolute Gasteiger partial charge is 0.394 e. The third-order valence-electron chi connectivity index (χ3n) is 2.95. The molecule has 1 heterocycles. The van der Waals surface area contributed by atoms with E-state index in [-0.39, 0.29) is 5.54 Å². The third kappa shape index (κ3) is 1.79. The zero-order valence-corrected chi connectivity index (χ0v) is 7.47. The van der Waals surface area contributed by atoms with Crippen LogP contribution in [-0.2, 0) is 0 Å². The van der Waals surface area contributed by atoms with Crippen molar-refractivity contribution in [3.8, 4) is 0 Å². The first-order chi connectivity index (χ1) is 5.85. The summed E-state index contributed by atoms with van der Waals surface area (Å²) < 4.78 is 0. The van der Waals surface area contributed by atoms with Crippen LogP contribution in [-0.4, -0.2) is 36.4 Å². The fourth-order valence-corrected chi connectivity index (χ4v) is 1.91. The number of nitrogens with one attached hydrogen (secondary N) is 2. The van der Waals surface area contributed by atoms with Crippen molar-refractivity contribution in [1.82, 2.24) is 10.6 Å². The Morgan fingerprint density at radius 1 is 1.33 bits per heavy atom. The number of hydrogen-bond donors (Lipinski definition) is 3. The van der Waals surface area contributed by atoms with Gasteiger partial charge in [0.25, 0.3) is 0 Å². The van der Waals surface area contributed by atoms with Gasteiger partial charge in [-0.1, -0.05) is 0 Å². The minimum atomic E-state index is 0.0480. The lowest BCUT2D eigenvalue weighted by molar-refractivity contribution is 0.125. The highest BCUT2D eigenvalue weighted by Crippen LogP contribution is 2.26. The summed E-state index contributed by atoms with van der Waals surface area (Å²) in [6, 6.07) is 0.704. The molecular formula is C9H18N2O. The number of aliphatic hydroxyl groups is 1. The second-order valence-electron chi connectivity index (χ2n) is 4.11. The molecule has 0 atom stereocenters. The molecule has 0 spiro atoms. The molecule has 3 nitrogen and oxygen atoms in total. The first-order valence-corrected chi connectivity index (χ1v) is 4.94. The molecule has 3 heteroatoms. The maximum Gasteiger partial charge on any atom is 0.0614 e. The SMILES string of the molecule is OCC1(NC2CC2)CCNCC1. The maximum atomic E-state index is 9.33. The standard InChI is InChI=1S/C9H18N2O/c12-7-9(11-8-1-2-8)3-5-10-6-4-9/h8,10-12H,1-7H2. The van der Waals surface area contributed by atoms with Gasteiger partial charge < -0.3 is 15.7 Å². The lowest BCUT2D eigenvalue weighted by atomic mass is 9.89. The van der Waals surface area contributed by atoms with E-state index in [1.54, 1.807) is 0 Å². The lowest BCUT2D eigenvalue weighted by Gasteiger charge is -2.37. The molecule has 70 valence electrons. The van der Waals surface area contributed by atoms with Crippen molar-refractivity contribution >= 4 is 0 Å². The summed E-state index contributed by atoms with van der Waals surface area (Å²) in [5.74, 6) is 0. The summed E-state index contributed by atoms with van der Waals surface area (Å²) >= 11 is 0. The Kier molecular flexibility index (Phi) is 2.35. The molecule has 1 aliphatic heterocycles. The predicted octanol–water partition coefficient (Wildman–Crippen LogP) is -0.147. The molecule has 0 aromatic rings. The van der Waals surface area contributed by atoms with Gasteiger partial charge in [0.1, 0.15) is 0 Å². The minimum absolute atomic E-state index is 0.0480. The second-order valence-corrected chi connectivity index (χ2v) is 4.11. The summed E-state index contributed by atoms with van der Waals surface area (Å²) in [5.41, 5.74) is 0.0480. The van der Waals surface area contributed by atoms with E-state index in [9.17, 15) is 5.11 Å². The summed E-state index contributed by atoms with van der Waals surface area (Å²) in [6.07, 6.45) is 4.74. The summed E-state index contributed by atoms with van der Waals surface area (Å²) in [7, 11) is 0. The van der Waals surface area contributed by atoms with Crippen LogP contribution in [0.3, 0.4) is 0 Å². The first kappa shape index (κ1) is 8.48. The zero-order chi connectivity index (χ0) is 8.44. The van der Waals surface area contributed by atoms with Crippen LogP contribution in [0.25, 0.3) is 0 Å². The van der Waals surface area contributed by atoms with E-state index in [0.29, 0.717) is 12.6 Å². The molecule has 0 aromatic heterocycles. The van der Waals surface area contributed by atoms with Gasteiger partial charge in [0.2, 0.25) is 0 Å². The van der Waals surface area contributed by atoms with Crippen LogP contribution in [0.1, 0.15) is 25.7 Å². The van der Waals surface area contributed by atoms with E-state index in [4.69, 9.17) is 0 Å². The van der Waals surface area contributed by atoms with E-state index >= 15 is 0 Å². The van der Waals surface area contributed by atoms with Crippen molar-refractivity contribution in [3.05, 3.63) is 0 Å². The summed E-state index contributed by atoms with van der Waals surface area (Å²) in [5, 5.41) is 16.2. The van der Waals surface area contributed by atoms with Gasteiger partial charge in [-0.15, -0.1) is 0 Å². The topological polar surface area (TPSA) is 44.3 Å². The fourth-order valence-electron chi connectivity index (χ4n) is 1.91. The van der Waals surface area contributed by atoms with Gasteiger partial charge >= 0.3 is 0 Å². The maximum absolute atomic E-state index is 9.33. The molecule has 0 amide bonds. The van der Waals surface area contributed by atoms with Crippen molar-refractivity contribution in [3.63, 3.8) is 0 Å². The van der Waals surface area contributed by atoms with Crippen LogP contribution < -0.4 is 10.6 Å². The second kappa shape index (κ2) is 3.32. The molecule has 0 unspecified atom stereocenters. The molecule has 0 aromatic carbocycles. The first-order valence-electron chi connectivity index (χ1n) is 4.94. The fraction of sp³-hybridized carbons (Fsp3) is 1.00. The summed E-state index contributed by atoms with van der Waals surface area (Å²) in [4.78, 5) is 0. The number of rotatable bonds is 3. The number of hydrogen-bond acceptors (Lipinski definition) is 3. The van der Waals surface area contributed by atoms with Crippen molar-refractivity contribution < 1.29 is 5.11 Å². The molecule has 2 fully saturated rings. The van der Waals surface area contributed by atoms with Gasteiger partial charge in [0, 0.05) is 11.6 Å². The number of piperidine rings is 1. The van der Waals surface area contributed by atoms with Crippen LogP contribution in [0, 0.1) is 0 Å².